The van der Waals surface area contributed by atoms with Crippen LogP contribution in [0.2, 0.25) is 0 Å². The standard InChI is InChI=1S/C5H10O2.C2H5Br/c1-3-5(6)7-4-2;1-2-3/h3-4H2,1-2H3;2H2,1H3. The summed E-state index contributed by atoms with van der Waals surface area (Å²) < 4.78 is 4.55. The molecule has 0 radical (unpaired) electrons. The average Bonchev–Trinajstić information content (AvgIpc) is 1.90. The number of carbonyl (C=O) groups is 1. The maximum Gasteiger partial charge on any atom is 0.305 e. The minimum atomic E-state index is -0.123. The van der Waals surface area contributed by atoms with Crippen molar-refractivity contribution in [2.45, 2.75) is 27.2 Å². The fourth-order valence-electron chi connectivity index (χ4n) is 0.263. The highest BCUT2D eigenvalue weighted by Crippen LogP contribution is 1.80. The Bertz CT molecular complexity index is 74.0. The zero-order valence-corrected chi connectivity index (χ0v) is 8.40. The van der Waals surface area contributed by atoms with E-state index in [4.69, 9.17) is 0 Å². The van der Waals surface area contributed by atoms with Crippen molar-refractivity contribution in [3.63, 3.8) is 0 Å². The lowest BCUT2D eigenvalue weighted by Crippen LogP contribution is -2.00. The van der Waals surface area contributed by atoms with Gasteiger partial charge in [0.25, 0.3) is 0 Å². The molecule has 0 aromatic heterocycles. The van der Waals surface area contributed by atoms with Crippen LogP contribution in [0.15, 0.2) is 0 Å². The maximum absolute atomic E-state index is 10.2. The van der Waals surface area contributed by atoms with Gasteiger partial charge in [0.2, 0.25) is 0 Å². The molecule has 0 atom stereocenters. The molecular formula is C7H15BrO2. The van der Waals surface area contributed by atoms with Gasteiger partial charge in [0.15, 0.2) is 0 Å². The second-order valence-electron chi connectivity index (χ2n) is 1.43. The second-order valence-corrected chi connectivity index (χ2v) is 2.55. The number of alkyl halides is 1. The Morgan fingerprint density at radius 3 is 1.90 bits per heavy atom. The molecule has 0 amide bonds. The number of rotatable bonds is 2. The first-order chi connectivity index (χ1) is 4.72. The van der Waals surface area contributed by atoms with Crippen LogP contribution in [-0.2, 0) is 9.53 Å². The lowest BCUT2D eigenvalue weighted by Gasteiger charge is -1.93. The van der Waals surface area contributed by atoms with Crippen molar-refractivity contribution < 1.29 is 9.53 Å². The van der Waals surface area contributed by atoms with Crippen molar-refractivity contribution in [1.29, 1.82) is 0 Å². The first-order valence-electron chi connectivity index (χ1n) is 3.44. The van der Waals surface area contributed by atoms with Crippen LogP contribution in [0.4, 0.5) is 0 Å². The van der Waals surface area contributed by atoms with E-state index in [0.29, 0.717) is 13.0 Å². The van der Waals surface area contributed by atoms with Crippen LogP contribution < -0.4 is 0 Å². The summed E-state index contributed by atoms with van der Waals surface area (Å²) in [6, 6.07) is 0. The Kier molecular flexibility index (Phi) is 14.8. The van der Waals surface area contributed by atoms with Gasteiger partial charge in [0, 0.05) is 11.8 Å². The number of ether oxygens (including phenoxy) is 1. The van der Waals surface area contributed by atoms with Gasteiger partial charge < -0.3 is 4.74 Å². The number of hydrogen-bond acceptors (Lipinski definition) is 2. The van der Waals surface area contributed by atoms with Crippen LogP contribution in [0.5, 0.6) is 0 Å². The highest BCUT2D eigenvalue weighted by atomic mass is 79.9. The molecule has 0 heterocycles. The zero-order chi connectivity index (χ0) is 8.41. The maximum atomic E-state index is 10.2. The van der Waals surface area contributed by atoms with E-state index in [2.05, 4.69) is 20.7 Å². The fourth-order valence-corrected chi connectivity index (χ4v) is 0.263. The van der Waals surface area contributed by atoms with Crippen molar-refractivity contribution in [3.05, 3.63) is 0 Å². The minimum Gasteiger partial charge on any atom is -0.466 e. The van der Waals surface area contributed by atoms with Crippen molar-refractivity contribution in [1.82, 2.24) is 0 Å². The van der Waals surface area contributed by atoms with Crippen LogP contribution >= 0.6 is 15.9 Å². The van der Waals surface area contributed by atoms with Gasteiger partial charge in [-0.3, -0.25) is 4.79 Å². The fraction of sp³-hybridized carbons (Fsp3) is 0.857. The molecule has 3 heteroatoms. The molecule has 0 N–H and O–H groups in total. The molecule has 10 heavy (non-hydrogen) atoms. The lowest BCUT2D eigenvalue weighted by atomic mass is 10.5. The molecule has 0 aromatic rings. The van der Waals surface area contributed by atoms with Gasteiger partial charge in [-0.2, -0.15) is 0 Å². The van der Waals surface area contributed by atoms with Crippen molar-refractivity contribution >= 4 is 21.9 Å². The summed E-state index contributed by atoms with van der Waals surface area (Å²) in [4.78, 5) is 10.2. The molecule has 0 spiro atoms. The quantitative estimate of drug-likeness (QED) is 0.517. The van der Waals surface area contributed by atoms with Gasteiger partial charge >= 0.3 is 5.97 Å². The molecule has 0 aliphatic rings. The van der Waals surface area contributed by atoms with E-state index in [0.717, 1.165) is 5.33 Å². The molecule has 0 aromatic carbocycles. The summed E-state index contributed by atoms with van der Waals surface area (Å²) >= 11 is 3.15. The van der Waals surface area contributed by atoms with Gasteiger partial charge in [-0.15, -0.1) is 0 Å². The Balaban J connectivity index is 0. The van der Waals surface area contributed by atoms with Crippen LogP contribution in [0, 0.1) is 0 Å². The first-order valence-corrected chi connectivity index (χ1v) is 4.56. The summed E-state index contributed by atoms with van der Waals surface area (Å²) in [7, 11) is 0. The molecule has 0 saturated heterocycles. The highest BCUT2D eigenvalue weighted by molar-refractivity contribution is 9.09. The summed E-state index contributed by atoms with van der Waals surface area (Å²) in [6.07, 6.45) is 0.480. The van der Waals surface area contributed by atoms with Gasteiger partial charge in [-0.25, -0.2) is 0 Å². The van der Waals surface area contributed by atoms with E-state index in [1.807, 2.05) is 6.92 Å². The van der Waals surface area contributed by atoms with Crippen molar-refractivity contribution in [2.75, 3.05) is 11.9 Å². The Hall–Kier alpha value is -0.0500. The molecule has 2 nitrogen and oxygen atoms in total. The molecule has 0 aliphatic heterocycles. The van der Waals surface area contributed by atoms with Gasteiger partial charge in [-0.05, 0) is 6.92 Å². The van der Waals surface area contributed by atoms with Gasteiger partial charge in [-0.1, -0.05) is 29.8 Å². The molecular weight excluding hydrogens is 196 g/mol. The van der Waals surface area contributed by atoms with Crippen LogP contribution in [-0.4, -0.2) is 17.9 Å². The van der Waals surface area contributed by atoms with Crippen LogP contribution in [0.3, 0.4) is 0 Å². The molecule has 0 rings (SSSR count). The van der Waals surface area contributed by atoms with Gasteiger partial charge in [0.05, 0.1) is 6.61 Å². The molecule has 0 aliphatic carbocycles. The Morgan fingerprint density at radius 2 is 1.80 bits per heavy atom. The van der Waals surface area contributed by atoms with E-state index in [-0.39, 0.29) is 5.97 Å². The normalized spacial score (nSPS) is 7.60. The predicted molar refractivity (Wildman–Crippen MR) is 46.4 cm³/mol. The number of esters is 1. The summed E-state index contributed by atoms with van der Waals surface area (Å²) in [6.45, 7) is 6.11. The Labute approximate surface area is 71.1 Å². The van der Waals surface area contributed by atoms with E-state index in [9.17, 15) is 4.79 Å². The molecule has 62 valence electrons. The number of halogens is 1. The first kappa shape index (κ1) is 12.6. The van der Waals surface area contributed by atoms with E-state index in [1.165, 1.54) is 0 Å². The highest BCUT2D eigenvalue weighted by Gasteiger charge is 1.91. The Morgan fingerprint density at radius 1 is 1.40 bits per heavy atom. The lowest BCUT2D eigenvalue weighted by molar-refractivity contribution is -0.142. The summed E-state index contributed by atoms with van der Waals surface area (Å²) in [5.41, 5.74) is 0. The monoisotopic (exact) mass is 210 g/mol. The van der Waals surface area contributed by atoms with E-state index < -0.39 is 0 Å². The van der Waals surface area contributed by atoms with Crippen LogP contribution in [0.25, 0.3) is 0 Å². The molecule has 0 bridgehead atoms. The summed E-state index contributed by atoms with van der Waals surface area (Å²) in [5.74, 6) is -0.123. The van der Waals surface area contributed by atoms with E-state index >= 15 is 0 Å². The smallest absolute Gasteiger partial charge is 0.305 e. The van der Waals surface area contributed by atoms with Gasteiger partial charge in [0.1, 0.15) is 0 Å². The topological polar surface area (TPSA) is 26.3 Å². The second kappa shape index (κ2) is 11.7. The molecule has 0 unspecified atom stereocenters. The predicted octanol–water partition coefficient (Wildman–Crippen LogP) is 2.36. The number of hydrogen-bond donors (Lipinski definition) is 0. The van der Waals surface area contributed by atoms with E-state index in [1.54, 1.807) is 13.8 Å². The third-order valence-electron chi connectivity index (χ3n) is 0.594. The molecule has 0 fully saturated rings. The van der Waals surface area contributed by atoms with Crippen molar-refractivity contribution in [3.8, 4) is 0 Å². The zero-order valence-electron chi connectivity index (χ0n) is 6.82. The SMILES string of the molecule is CCBr.CCOC(=O)CC. The minimum absolute atomic E-state index is 0.123. The average molecular weight is 211 g/mol. The number of carbonyl (C=O) groups excluding carboxylic acids is 1. The van der Waals surface area contributed by atoms with Crippen molar-refractivity contribution in [2.24, 2.45) is 0 Å². The third kappa shape index (κ3) is 15.7. The van der Waals surface area contributed by atoms with Crippen LogP contribution in [0.1, 0.15) is 27.2 Å². The largest absolute Gasteiger partial charge is 0.466 e. The third-order valence-corrected chi connectivity index (χ3v) is 0.594. The molecule has 0 saturated carbocycles. The summed E-state index contributed by atoms with van der Waals surface area (Å²) in [5, 5.41) is 1.06.